The van der Waals surface area contributed by atoms with E-state index < -0.39 is 10.0 Å². The normalized spacial score (nSPS) is 12.0. The third kappa shape index (κ3) is 2.65. The largest absolute Gasteiger partial charge is 0.465 e. The fourth-order valence-electron chi connectivity index (χ4n) is 2.16. The molecule has 0 unspecified atom stereocenters. The maximum absolute atomic E-state index is 12.4. The van der Waals surface area contributed by atoms with E-state index in [1.165, 1.54) is 6.20 Å². The molecule has 1 aromatic carbocycles. The van der Waals surface area contributed by atoms with Crippen LogP contribution in [0.2, 0.25) is 0 Å². The molecule has 7 heteroatoms. The number of nitrogens with two attached hydrogens (primary N) is 1. The number of anilines is 1. The van der Waals surface area contributed by atoms with Gasteiger partial charge < -0.3 is 15.1 Å². The minimum absolute atomic E-state index is 0.109. The number of aromatic nitrogens is 1. The number of hydrogen-bond donors (Lipinski definition) is 3. The third-order valence-electron chi connectivity index (χ3n) is 3.19. The van der Waals surface area contributed by atoms with Gasteiger partial charge in [-0.15, -0.1) is 0 Å². The summed E-state index contributed by atoms with van der Waals surface area (Å²) >= 11 is 0. The summed E-state index contributed by atoms with van der Waals surface area (Å²) in [4.78, 5) is 3.11. The highest BCUT2D eigenvalue weighted by Crippen LogP contribution is 2.24. The Hall–Kier alpha value is -2.25. The van der Waals surface area contributed by atoms with E-state index in [4.69, 9.17) is 10.2 Å². The van der Waals surface area contributed by atoms with Crippen LogP contribution < -0.4 is 10.5 Å². The Labute approximate surface area is 122 Å². The molecular formula is C14H15N3O3S. The zero-order valence-electron chi connectivity index (χ0n) is 11.4. The molecule has 6 nitrogen and oxygen atoms in total. The average molecular weight is 305 g/mol. The van der Waals surface area contributed by atoms with E-state index >= 15 is 0 Å². The molecule has 0 amide bonds. The summed E-state index contributed by atoms with van der Waals surface area (Å²) < 4.78 is 32.6. The predicted octanol–water partition coefficient (Wildman–Crippen LogP) is 2.13. The van der Waals surface area contributed by atoms with Crippen molar-refractivity contribution in [1.82, 2.24) is 9.71 Å². The summed E-state index contributed by atoms with van der Waals surface area (Å²) in [6.45, 7) is 1.92. The van der Waals surface area contributed by atoms with Gasteiger partial charge in [-0.1, -0.05) is 0 Å². The molecule has 0 fully saturated rings. The second kappa shape index (κ2) is 4.94. The van der Waals surface area contributed by atoms with Gasteiger partial charge in [0.2, 0.25) is 10.0 Å². The van der Waals surface area contributed by atoms with Crippen LogP contribution in [0.4, 0.5) is 5.69 Å². The molecule has 0 aliphatic heterocycles. The second-order valence-corrected chi connectivity index (χ2v) is 6.53. The molecule has 0 radical (unpaired) electrons. The molecule has 0 spiro atoms. The minimum atomic E-state index is -3.63. The second-order valence-electron chi connectivity index (χ2n) is 4.79. The highest BCUT2D eigenvalue weighted by Gasteiger charge is 2.19. The van der Waals surface area contributed by atoms with Gasteiger partial charge in [0.05, 0.1) is 6.54 Å². The summed E-state index contributed by atoms with van der Waals surface area (Å²) in [7, 11) is -3.63. The zero-order chi connectivity index (χ0) is 15.0. The Morgan fingerprint density at radius 1 is 1.29 bits per heavy atom. The van der Waals surface area contributed by atoms with Gasteiger partial charge >= 0.3 is 0 Å². The number of benzene rings is 1. The molecule has 0 aliphatic carbocycles. The van der Waals surface area contributed by atoms with E-state index in [9.17, 15) is 8.42 Å². The zero-order valence-corrected chi connectivity index (χ0v) is 12.2. The maximum Gasteiger partial charge on any atom is 0.243 e. The number of furan rings is 1. The van der Waals surface area contributed by atoms with Crippen LogP contribution in [0.1, 0.15) is 11.5 Å². The molecule has 0 atom stereocenters. The van der Waals surface area contributed by atoms with E-state index in [1.54, 1.807) is 30.3 Å². The van der Waals surface area contributed by atoms with Crippen LogP contribution in [0.15, 0.2) is 45.8 Å². The molecule has 0 bridgehead atoms. The van der Waals surface area contributed by atoms with Crippen LogP contribution in [-0.2, 0) is 16.6 Å². The number of rotatable bonds is 4. The van der Waals surface area contributed by atoms with Crippen LogP contribution >= 0.6 is 0 Å². The van der Waals surface area contributed by atoms with Crippen LogP contribution in [0.25, 0.3) is 10.9 Å². The fourth-order valence-corrected chi connectivity index (χ4v) is 3.33. The number of H-pyrrole nitrogens is 1. The average Bonchev–Trinajstić information content (AvgIpc) is 3.02. The van der Waals surface area contributed by atoms with Crippen molar-refractivity contribution < 1.29 is 12.8 Å². The standard InChI is InChI=1S/C14H15N3O3S/c1-9-2-4-11(20-9)7-17-21(18,19)14-8-16-13-6-10(15)3-5-12(13)14/h2-6,8,16-17H,7,15H2,1H3. The first-order chi connectivity index (χ1) is 9.95. The molecule has 2 heterocycles. The summed E-state index contributed by atoms with van der Waals surface area (Å²) in [5.41, 5.74) is 6.94. The maximum atomic E-state index is 12.4. The van der Waals surface area contributed by atoms with Gasteiger partial charge in [-0.05, 0) is 37.3 Å². The van der Waals surface area contributed by atoms with Crippen LogP contribution in [-0.4, -0.2) is 13.4 Å². The van der Waals surface area contributed by atoms with Crippen LogP contribution in [0.3, 0.4) is 0 Å². The number of hydrogen-bond acceptors (Lipinski definition) is 4. The van der Waals surface area contributed by atoms with E-state index in [1.807, 2.05) is 6.92 Å². The van der Waals surface area contributed by atoms with Crippen molar-refractivity contribution in [3.63, 3.8) is 0 Å². The number of fused-ring (bicyclic) bond motifs is 1. The van der Waals surface area contributed by atoms with Gasteiger partial charge in [-0.25, -0.2) is 13.1 Å². The van der Waals surface area contributed by atoms with Crippen molar-refractivity contribution in [2.75, 3.05) is 5.73 Å². The third-order valence-corrected chi connectivity index (χ3v) is 4.63. The molecule has 3 rings (SSSR count). The number of aromatic amines is 1. The molecular weight excluding hydrogens is 290 g/mol. The van der Waals surface area contributed by atoms with E-state index in [-0.39, 0.29) is 11.4 Å². The monoisotopic (exact) mass is 305 g/mol. The first-order valence-electron chi connectivity index (χ1n) is 6.37. The molecule has 0 aliphatic rings. The lowest BCUT2D eigenvalue weighted by atomic mass is 10.2. The van der Waals surface area contributed by atoms with Crippen LogP contribution in [0.5, 0.6) is 0 Å². The highest BCUT2D eigenvalue weighted by atomic mass is 32.2. The molecule has 2 aromatic heterocycles. The van der Waals surface area contributed by atoms with Crippen molar-refractivity contribution >= 4 is 26.6 Å². The minimum Gasteiger partial charge on any atom is -0.465 e. The molecule has 3 aromatic rings. The predicted molar refractivity (Wildman–Crippen MR) is 80.2 cm³/mol. The molecule has 110 valence electrons. The Bertz CT molecular complexity index is 893. The van der Waals surface area contributed by atoms with E-state index in [0.29, 0.717) is 22.4 Å². The molecule has 21 heavy (non-hydrogen) atoms. The first kappa shape index (κ1) is 13.7. The van der Waals surface area contributed by atoms with Gasteiger partial charge in [0.15, 0.2) is 0 Å². The van der Waals surface area contributed by atoms with Crippen molar-refractivity contribution in [3.8, 4) is 0 Å². The lowest BCUT2D eigenvalue weighted by molar-refractivity contribution is 0.475. The summed E-state index contributed by atoms with van der Waals surface area (Å²) in [5.74, 6) is 1.31. The fraction of sp³-hybridized carbons (Fsp3) is 0.143. The van der Waals surface area contributed by atoms with Crippen LogP contribution in [0, 0.1) is 6.92 Å². The number of nitrogens with one attached hydrogen (secondary N) is 2. The highest BCUT2D eigenvalue weighted by molar-refractivity contribution is 7.89. The van der Waals surface area contributed by atoms with Crippen molar-refractivity contribution in [3.05, 3.63) is 48.0 Å². The first-order valence-corrected chi connectivity index (χ1v) is 7.85. The van der Waals surface area contributed by atoms with Crippen molar-refractivity contribution in [1.29, 1.82) is 0 Å². The Kier molecular flexibility index (Phi) is 3.23. The lowest BCUT2D eigenvalue weighted by Crippen LogP contribution is -2.22. The molecule has 0 saturated carbocycles. The summed E-state index contributed by atoms with van der Waals surface area (Å²) in [6.07, 6.45) is 1.46. The molecule has 0 saturated heterocycles. The van der Waals surface area contributed by atoms with Crippen molar-refractivity contribution in [2.24, 2.45) is 0 Å². The lowest BCUT2D eigenvalue weighted by Gasteiger charge is -2.04. The number of aryl methyl sites for hydroxylation is 1. The Balaban J connectivity index is 1.89. The summed E-state index contributed by atoms with van der Waals surface area (Å²) in [6, 6.07) is 8.59. The smallest absolute Gasteiger partial charge is 0.243 e. The Morgan fingerprint density at radius 3 is 2.81 bits per heavy atom. The Morgan fingerprint density at radius 2 is 2.10 bits per heavy atom. The number of nitrogen functional groups attached to an aromatic ring is 1. The topological polar surface area (TPSA) is 101 Å². The van der Waals surface area contributed by atoms with Crippen molar-refractivity contribution in [2.45, 2.75) is 18.4 Å². The van der Waals surface area contributed by atoms with E-state index in [0.717, 1.165) is 5.76 Å². The quantitative estimate of drug-likeness (QED) is 0.643. The number of sulfonamides is 1. The van der Waals surface area contributed by atoms with E-state index in [2.05, 4.69) is 9.71 Å². The van der Waals surface area contributed by atoms with Gasteiger partial charge in [0, 0.05) is 22.8 Å². The van der Waals surface area contributed by atoms with Gasteiger partial charge in [0.25, 0.3) is 0 Å². The summed E-state index contributed by atoms with van der Waals surface area (Å²) in [5, 5.41) is 0.604. The SMILES string of the molecule is Cc1ccc(CNS(=O)(=O)c2c[nH]c3cc(N)ccc23)o1. The van der Waals surface area contributed by atoms with Gasteiger partial charge in [0.1, 0.15) is 16.4 Å². The molecule has 4 N–H and O–H groups in total. The van der Waals surface area contributed by atoms with Gasteiger partial charge in [-0.3, -0.25) is 0 Å². The van der Waals surface area contributed by atoms with Gasteiger partial charge in [-0.2, -0.15) is 0 Å².